The van der Waals surface area contributed by atoms with E-state index < -0.39 is 0 Å². The van der Waals surface area contributed by atoms with Gasteiger partial charge in [0.1, 0.15) is 0 Å². The SMILES string of the molecule is CCCC[CH]CC(N)=O. The van der Waals surface area contributed by atoms with Crippen molar-refractivity contribution in [3.8, 4) is 0 Å². The summed E-state index contributed by atoms with van der Waals surface area (Å²) in [4.78, 5) is 10.2. The Labute approximate surface area is 56.4 Å². The van der Waals surface area contributed by atoms with Crippen LogP contribution >= 0.6 is 0 Å². The van der Waals surface area contributed by atoms with Crippen LogP contribution in [0.4, 0.5) is 0 Å². The Balaban J connectivity index is 2.83. The van der Waals surface area contributed by atoms with Crippen LogP contribution < -0.4 is 5.73 Å². The van der Waals surface area contributed by atoms with Crippen molar-refractivity contribution in [2.45, 2.75) is 32.6 Å². The molecule has 0 aliphatic heterocycles. The quantitative estimate of drug-likeness (QED) is 0.556. The van der Waals surface area contributed by atoms with Gasteiger partial charge < -0.3 is 5.73 Å². The Hall–Kier alpha value is -0.530. The molecule has 0 aromatic heterocycles. The second-order valence-corrected chi connectivity index (χ2v) is 2.10. The number of carbonyl (C=O) groups is 1. The Morgan fingerprint density at radius 3 is 2.78 bits per heavy atom. The van der Waals surface area contributed by atoms with Crippen molar-refractivity contribution >= 4 is 5.91 Å². The van der Waals surface area contributed by atoms with E-state index >= 15 is 0 Å². The highest BCUT2D eigenvalue weighted by Gasteiger charge is 1.92. The molecule has 0 saturated carbocycles. The molecule has 1 amide bonds. The first-order valence-electron chi connectivity index (χ1n) is 3.37. The molecule has 9 heavy (non-hydrogen) atoms. The molecule has 0 saturated heterocycles. The molecule has 0 aromatic carbocycles. The van der Waals surface area contributed by atoms with E-state index in [0.29, 0.717) is 6.42 Å². The van der Waals surface area contributed by atoms with Gasteiger partial charge in [-0.3, -0.25) is 4.79 Å². The maximum Gasteiger partial charge on any atom is 0.217 e. The molecule has 0 rings (SSSR count). The largest absolute Gasteiger partial charge is 0.370 e. The van der Waals surface area contributed by atoms with E-state index in [4.69, 9.17) is 5.73 Å². The molecule has 2 nitrogen and oxygen atoms in total. The minimum atomic E-state index is -0.230. The van der Waals surface area contributed by atoms with Crippen molar-refractivity contribution in [3.05, 3.63) is 6.42 Å². The summed E-state index contributed by atoms with van der Waals surface area (Å²) < 4.78 is 0. The summed E-state index contributed by atoms with van der Waals surface area (Å²) in [5, 5.41) is 0. The monoisotopic (exact) mass is 128 g/mol. The van der Waals surface area contributed by atoms with Crippen LogP contribution in [0.15, 0.2) is 0 Å². The van der Waals surface area contributed by atoms with Crippen LogP contribution in [0, 0.1) is 6.42 Å². The number of hydrogen-bond acceptors (Lipinski definition) is 1. The summed E-state index contributed by atoms with van der Waals surface area (Å²) in [6, 6.07) is 0. The van der Waals surface area contributed by atoms with E-state index in [0.717, 1.165) is 12.8 Å². The number of unbranched alkanes of at least 4 members (excludes halogenated alkanes) is 3. The van der Waals surface area contributed by atoms with Crippen molar-refractivity contribution in [3.63, 3.8) is 0 Å². The number of nitrogens with two attached hydrogens (primary N) is 1. The smallest absolute Gasteiger partial charge is 0.217 e. The molecular weight excluding hydrogens is 114 g/mol. The first-order chi connectivity index (χ1) is 4.27. The molecule has 0 aliphatic carbocycles. The molecule has 1 radical (unpaired) electrons. The number of rotatable bonds is 5. The molecule has 0 aliphatic rings. The molecule has 0 aromatic rings. The average molecular weight is 128 g/mol. The van der Waals surface area contributed by atoms with Crippen LogP contribution in [0.3, 0.4) is 0 Å². The normalized spacial score (nSPS) is 9.44. The summed E-state index contributed by atoms with van der Waals surface area (Å²) >= 11 is 0. The van der Waals surface area contributed by atoms with Gasteiger partial charge in [-0.05, 0) is 12.8 Å². The minimum absolute atomic E-state index is 0.230. The van der Waals surface area contributed by atoms with Crippen molar-refractivity contribution in [1.82, 2.24) is 0 Å². The van der Waals surface area contributed by atoms with Crippen LogP contribution in [-0.4, -0.2) is 5.91 Å². The molecule has 0 unspecified atom stereocenters. The summed E-state index contributed by atoms with van der Waals surface area (Å²) in [5.41, 5.74) is 4.90. The minimum Gasteiger partial charge on any atom is -0.370 e. The van der Waals surface area contributed by atoms with E-state index in [2.05, 4.69) is 6.92 Å². The average Bonchev–Trinajstić information content (AvgIpc) is 1.80. The molecular formula is C7H14NO. The van der Waals surface area contributed by atoms with E-state index in [1.54, 1.807) is 0 Å². The third kappa shape index (κ3) is 7.47. The highest BCUT2D eigenvalue weighted by Crippen LogP contribution is 1.99. The van der Waals surface area contributed by atoms with Gasteiger partial charge in [0.25, 0.3) is 0 Å². The zero-order chi connectivity index (χ0) is 7.11. The molecule has 0 fully saturated rings. The number of amides is 1. The van der Waals surface area contributed by atoms with Gasteiger partial charge in [-0.15, -0.1) is 0 Å². The van der Waals surface area contributed by atoms with Gasteiger partial charge in [0.2, 0.25) is 5.91 Å². The van der Waals surface area contributed by atoms with Crippen LogP contribution in [0.1, 0.15) is 32.6 Å². The van der Waals surface area contributed by atoms with Gasteiger partial charge in [-0.25, -0.2) is 0 Å². The van der Waals surface area contributed by atoms with Crippen LogP contribution in [0.25, 0.3) is 0 Å². The van der Waals surface area contributed by atoms with Gasteiger partial charge >= 0.3 is 0 Å². The lowest BCUT2D eigenvalue weighted by atomic mass is 10.1. The second kappa shape index (κ2) is 5.60. The van der Waals surface area contributed by atoms with Crippen molar-refractivity contribution in [2.75, 3.05) is 0 Å². The molecule has 2 N–H and O–H groups in total. The number of hydrogen-bond donors (Lipinski definition) is 1. The topological polar surface area (TPSA) is 43.1 Å². The summed E-state index contributed by atoms with van der Waals surface area (Å²) in [6.45, 7) is 2.12. The first-order valence-corrected chi connectivity index (χ1v) is 3.37. The lowest BCUT2D eigenvalue weighted by Gasteiger charge is -1.93. The first kappa shape index (κ1) is 8.47. The maximum atomic E-state index is 10.2. The van der Waals surface area contributed by atoms with E-state index in [-0.39, 0.29) is 5.91 Å². The fraction of sp³-hybridized carbons (Fsp3) is 0.714. The van der Waals surface area contributed by atoms with Gasteiger partial charge in [0.15, 0.2) is 0 Å². The molecule has 0 bridgehead atoms. The lowest BCUT2D eigenvalue weighted by Crippen LogP contribution is -2.09. The number of primary amides is 1. The van der Waals surface area contributed by atoms with Crippen molar-refractivity contribution < 1.29 is 4.79 Å². The Morgan fingerprint density at radius 2 is 2.33 bits per heavy atom. The second-order valence-electron chi connectivity index (χ2n) is 2.10. The third-order valence-corrected chi connectivity index (χ3v) is 1.11. The van der Waals surface area contributed by atoms with Gasteiger partial charge in [0, 0.05) is 6.42 Å². The maximum absolute atomic E-state index is 10.2. The molecule has 0 heterocycles. The van der Waals surface area contributed by atoms with Gasteiger partial charge in [-0.1, -0.05) is 19.8 Å². The highest BCUT2D eigenvalue weighted by atomic mass is 16.1. The third-order valence-electron chi connectivity index (χ3n) is 1.11. The van der Waals surface area contributed by atoms with Crippen LogP contribution in [-0.2, 0) is 4.79 Å². The summed E-state index contributed by atoms with van der Waals surface area (Å²) in [6.07, 6.45) is 5.72. The number of carbonyl (C=O) groups excluding carboxylic acids is 1. The van der Waals surface area contributed by atoms with Crippen molar-refractivity contribution in [1.29, 1.82) is 0 Å². The lowest BCUT2D eigenvalue weighted by molar-refractivity contribution is -0.117. The zero-order valence-electron chi connectivity index (χ0n) is 5.89. The molecule has 0 atom stereocenters. The fourth-order valence-electron chi connectivity index (χ4n) is 0.593. The Morgan fingerprint density at radius 1 is 1.67 bits per heavy atom. The fourth-order valence-corrected chi connectivity index (χ4v) is 0.593. The molecule has 2 heteroatoms. The molecule has 0 spiro atoms. The highest BCUT2D eigenvalue weighted by molar-refractivity contribution is 5.74. The van der Waals surface area contributed by atoms with Gasteiger partial charge in [-0.2, -0.15) is 0 Å². The summed E-state index contributed by atoms with van der Waals surface area (Å²) in [5.74, 6) is -0.230. The van der Waals surface area contributed by atoms with E-state index in [9.17, 15) is 4.79 Å². The van der Waals surface area contributed by atoms with Crippen molar-refractivity contribution in [2.24, 2.45) is 5.73 Å². The van der Waals surface area contributed by atoms with Crippen LogP contribution in [0.2, 0.25) is 0 Å². The summed E-state index contributed by atoms with van der Waals surface area (Å²) in [7, 11) is 0. The van der Waals surface area contributed by atoms with E-state index in [1.165, 1.54) is 6.42 Å². The Bertz CT molecular complexity index is 81.0. The zero-order valence-corrected chi connectivity index (χ0v) is 5.89. The van der Waals surface area contributed by atoms with Gasteiger partial charge in [0.05, 0.1) is 0 Å². The van der Waals surface area contributed by atoms with E-state index in [1.807, 2.05) is 6.42 Å². The predicted molar refractivity (Wildman–Crippen MR) is 37.6 cm³/mol. The molecule has 53 valence electrons. The Kier molecular flexibility index (Phi) is 5.27. The standard InChI is InChI=1S/C7H14NO/c1-2-3-4-5-6-7(8)9/h5H,2-4,6H2,1H3,(H2,8,9). The predicted octanol–water partition coefficient (Wildman–Crippen LogP) is 1.26. The van der Waals surface area contributed by atoms with Crippen LogP contribution in [0.5, 0.6) is 0 Å².